The van der Waals surface area contributed by atoms with Crippen LogP contribution in [0.1, 0.15) is 25.3 Å². The molecule has 21 heavy (non-hydrogen) atoms. The molecule has 0 unspecified atom stereocenters. The van der Waals surface area contributed by atoms with E-state index in [0.717, 1.165) is 16.9 Å². The largest absolute Gasteiger partial charge is 0.492 e. The molecule has 1 heterocycles. The van der Waals surface area contributed by atoms with Gasteiger partial charge in [-0.25, -0.2) is 4.39 Å². The monoisotopic (exact) mass is 286 g/mol. The number of ether oxygens (including phenoxy) is 1. The Labute approximate surface area is 124 Å². The fourth-order valence-electron chi connectivity index (χ4n) is 2.25. The normalized spacial score (nSPS) is 14.2. The summed E-state index contributed by atoms with van der Waals surface area (Å²) in [6.45, 7) is 3.11. The number of pyridine rings is 1. The molecule has 2 aromatic rings. The average Bonchev–Trinajstić information content (AvgIpc) is 3.31. The first-order chi connectivity index (χ1) is 10.3. The minimum absolute atomic E-state index is 0.166. The first-order valence-corrected chi connectivity index (χ1v) is 7.36. The summed E-state index contributed by atoms with van der Waals surface area (Å²) in [5, 5.41) is 3.34. The fraction of sp³-hybridized carbons (Fsp3) is 0.353. The molecule has 1 saturated carbocycles. The van der Waals surface area contributed by atoms with Gasteiger partial charge in [0.2, 0.25) is 0 Å². The molecule has 1 aliphatic carbocycles. The van der Waals surface area contributed by atoms with Gasteiger partial charge in [0.15, 0.2) is 0 Å². The second kappa shape index (κ2) is 6.22. The molecule has 1 fully saturated rings. The molecule has 110 valence electrons. The predicted molar refractivity (Wildman–Crippen MR) is 80.7 cm³/mol. The summed E-state index contributed by atoms with van der Waals surface area (Å²) in [6.07, 6.45) is 5.85. The third-order valence-electron chi connectivity index (χ3n) is 3.56. The predicted octanol–water partition coefficient (Wildman–Crippen LogP) is 3.54. The second-order valence-electron chi connectivity index (χ2n) is 5.30. The zero-order chi connectivity index (χ0) is 14.7. The number of hydrogen-bond donors (Lipinski definition) is 1. The average molecular weight is 286 g/mol. The van der Waals surface area contributed by atoms with Gasteiger partial charge >= 0.3 is 0 Å². The molecule has 3 rings (SSSR count). The quantitative estimate of drug-likeness (QED) is 0.882. The lowest BCUT2D eigenvalue weighted by atomic mass is 10.0. The van der Waals surface area contributed by atoms with E-state index in [1.807, 2.05) is 19.1 Å². The first-order valence-electron chi connectivity index (χ1n) is 7.36. The lowest BCUT2D eigenvalue weighted by molar-refractivity contribution is 0.339. The first kappa shape index (κ1) is 14.0. The highest BCUT2D eigenvalue weighted by Crippen LogP contribution is 2.25. The maximum Gasteiger partial charge on any atom is 0.138 e. The van der Waals surface area contributed by atoms with Gasteiger partial charge in [0.05, 0.1) is 12.8 Å². The molecule has 0 bridgehead atoms. The number of benzene rings is 1. The van der Waals surface area contributed by atoms with Crippen molar-refractivity contribution in [3.63, 3.8) is 0 Å². The maximum atomic E-state index is 13.9. The van der Waals surface area contributed by atoms with E-state index in [4.69, 9.17) is 4.74 Å². The third-order valence-corrected chi connectivity index (χ3v) is 3.56. The van der Waals surface area contributed by atoms with Gasteiger partial charge in [0, 0.05) is 29.9 Å². The summed E-state index contributed by atoms with van der Waals surface area (Å²) < 4.78 is 19.3. The topological polar surface area (TPSA) is 34.1 Å². The highest BCUT2D eigenvalue weighted by molar-refractivity contribution is 5.64. The van der Waals surface area contributed by atoms with Gasteiger partial charge in [-0.1, -0.05) is 6.07 Å². The standard InChI is InChI=1S/C17H19FN2O/c1-2-21-16-8-13(9-19-11-16)12-3-6-17(18)14(7-12)10-20-15-4-5-15/h3,6-9,11,15,20H,2,4-5,10H2,1H3. The lowest BCUT2D eigenvalue weighted by Gasteiger charge is -2.09. The molecule has 0 saturated heterocycles. The van der Waals surface area contributed by atoms with Crippen LogP contribution in [0.25, 0.3) is 11.1 Å². The molecule has 4 heteroatoms. The van der Waals surface area contributed by atoms with Crippen LogP contribution in [0.4, 0.5) is 4.39 Å². The van der Waals surface area contributed by atoms with Crippen LogP contribution >= 0.6 is 0 Å². The van der Waals surface area contributed by atoms with E-state index >= 15 is 0 Å². The molecule has 1 N–H and O–H groups in total. The Kier molecular flexibility index (Phi) is 4.15. The van der Waals surface area contributed by atoms with Crippen molar-refractivity contribution in [2.75, 3.05) is 6.61 Å². The van der Waals surface area contributed by atoms with E-state index in [1.165, 1.54) is 18.9 Å². The third kappa shape index (κ3) is 3.58. The SMILES string of the molecule is CCOc1cncc(-c2ccc(F)c(CNC3CC3)c2)c1. The van der Waals surface area contributed by atoms with Crippen molar-refractivity contribution >= 4 is 0 Å². The number of nitrogens with zero attached hydrogens (tertiary/aromatic N) is 1. The molecule has 0 aliphatic heterocycles. The summed E-state index contributed by atoms with van der Waals surface area (Å²) in [6, 6.07) is 7.69. The van der Waals surface area contributed by atoms with Crippen LogP contribution in [-0.2, 0) is 6.54 Å². The molecule has 0 atom stereocenters. The fourth-order valence-corrected chi connectivity index (χ4v) is 2.25. The molecule has 1 aromatic carbocycles. The van der Waals surface area contributed by atoms with E-state index in [9.17, 15) is 4.39 Å². The molecule has 0 amide bonds. The summed E-state index contributed by atoms with van der Waals surface area (Å²) in [5.41, 5.74) is 2.59. The minimum Gasteiger partial charge on any atom is -0.492 e. The number of halogens is 1. The van der Waals surface area contributed by atoms with E-state index in [1.54, 1.807) is 18.5 Å². The zero-order valence-electron chi connectivity index (χ0n) is 12.1. The molecule has 1 aromatic heterocycles. The highest BCUT2D eigenvalue weighted by atomic mass is 19.1. The Morgan fingerprint density at radius 2 is 2.10 bits per heavy atom. The number of hydrogen-bond acceptors (Lipinski definition) is 3. The molecule has 1 aliphatic rings. The molecule has 0 spiro atoms. The summed E-state index contributed by atoms with van der Waals surface area (Å²) >= 11 is 0. The minimum atomic E-state index is -0.166. The Bertz CT molecular complexity index is 626. The van der Waals surface area contributed by atoms with Gasteiger partial charge < -0.3 is 10.1 Å². The van der Waals surface area contributed by atoms with Gasteiger partial charge in [-0.3, -0.25) is 4.98 Å². The number of rotatable bonds is 6. The molecular formula is C17H19FN2O. The molecule has 0 radical (unpaired) electrons. The highest BCUT2D eigenvalue weighted by Gasteiger charge is 2.20. The van der Waals surface area contributed by atoms with E-state index in [2.05, 4.69) is 10.3 Å². The Morgan fingerprint density at radius 3 is 2.86 bits per heavy atom. The van der Waals surface area contributed by atoms with Crippen LogP contribution in [0.3, 0.4) is 0 Å². The van der Waals surface area contributed by atoms with Crippen LogP contribution in [0.2, 0.25) is 0 Å². The zero-order valence-corrected chi connectivity index (χ0v) is 12.1. The van der Waals surface area contributed by atoms with Crippen molar-refractivity contribution in [2.45, 2.75) is 32.4 Å². The lowest BCUT2D eigenvalue weighted by Crippen LogP contribution is -2.16. The van der Waals surface area contributed by atoms with Crippen molar-refractivity contribution in [3.8, 4) is 16.9 Å². The van der Waals surface area contributed by atoms with Crippen LogP contribution in [0, 0.1) is 5.82 Å². The summed E-state index contributed by atoms with van der Waals surface area (Å²) in [7, 11) is 0. The van der Waals surface area contributed by atoms with Gasteiger partial charge in [0.1, 0.15) is 11.6 Å². The summed E-state index contributed by atoms with van der Waals surface area (Å²) in [5.74, 6) is 0.567. The van der Waals surface area contributed by atoms with Crippen LogP contribution < -0.4 is 10.1 Å². The number of aromatic nitrogens is 1. The van der Waals surface area contributed by atoms with Crippen molar-refractivity contribution < 1.29 is 9.13 Å². The Balaban J connectivity index is 1.83. The van der Waals surface area contributed by atoms with Crippen molar-refractivity contribution in [1.82, 2.24) is 10.3 Å². The van der Waals surface area contributed by atoms with Crippen LogP contribution in [0.15, 0.2) is 36.7 Å². The van der Waals surface area contributed by atoms with E-state index in [-0.39, 0.29) is 5.82 Å². The van der Waals surface area contributed by atoms with Crippen LogP contribution in [-0.4, -0.2) is 17.6 Å². The van der Waals surface area contributed by atoms with E-state index < -0.39 is 0 Å². The van der Waals surface area contributed by atoms with Gasteiger partial charge in [0.25, 0.3) is 0 Å². The second-order valence-corrected chi connectivity index (χ2v) is 5.30. The van der Waals surface area contributed by atoms with E-state index in [0.29, 0.717) is 24.8 Å². The van der Waals surface area contributed by atoms with Crippen LogP contribution in [0.5, 0.6) is 5.75 Å². The molecule has 3 nitrogen and oxygen atoms in total. The van der Waals surface area contributed by atoms with Gasteiger partial charge in [-0.05, 0) is 43.5 Å². The Hall–Kier alpha value is -1.94. The maximum absolute atomic E-state index is 13.9. The van der Waals surface area contributed by atoms with Gasteiger partial charge in [-0.2, -0.15) is 0 Å². The van der Waals surface area contributed by atoms with Gasteiger partial charge in [-0.15, -0.1) is 0 Å². The van der Waals surface area contributed by atoms with Crippen molar-refractivity contribution in [1.29, 1.82) is 0 Å². The smallest absolute Gasteiger partial charge is 0.138 e. The summed E-state index contributed by atoms with van der Waals surface area (Å²) in [4.78, 5) is 4.18. The van der Waals surface area contributed by atoms with Crippen molar-refractivity contribution in [2.24, 2.45) is 0 Å². The molecular weight excluding hydrogens is 267 g/mol. The number of nitrogens with one attached hydrogen (secondary N) is 1. The van der Waals surface area contributed by atoms with Crippen molar-refractivity contribution in [3.05, 3.63) is 48.0 Å². The Morgan fingerprint density at radius 1 is 1.24 bits per heavy atom.